The molecule has 0 spiro atoms. The molecule has 0 atom stereocenters. The summed E-state index contributed by atoms with van der Waals surface area (Å²) in [5, 5.41) is 12.4. The van der Waals surface area contributed by atoms with E-state index >= 15 is 0 Å². The second kappa shape index (κ2) is 5.70. The Bertz CT molecular complexity index is 404. The minimum atomic E-state index is 0.727. The Balaban J connectivity index is 1.77. The molecule has 0 amide bonds. The fourth-order valence-corrected chi connectivity index (χ4v) is 1.85. The number of nitrogens with one attached hydrogen (secondary N) is 1. The van der Waals surface area contributed by atoms with Gasteiger partial charge in [0.2, 0.25) is 0 Å². The average Bonchev–Trinajstić information content (AvgIpc) is 3.18. The molecule has 0 radical (unpaired) electrons. The molecule has 90 valence electrons. The van der Waals surface area contributed by atoms with E-state index in [4.69, 9.17) is 5.26 Å². The van der Waals surface area contributed by atoms with Gasteiger partial charge in [-0.3, -0.25) is 0 Å². The van der Waals surface area contributed by atoms with Gasteiger partial charge in [0.1, 0.15) is 0 Å². The zero-order chi connectivity index (χ0) is 12.1. The van der Waals surface area contributed by atoms with Crippen LogP contribution in [0.1, 0.15) is 24.8 Å². The Labute approximate surface area is 103 Å². The topological polar surface area (TPSA) is 39.1 Å². The van der Waals surface area contributed by atoms with Crippen LogP contribution in [0.3, 0.4) is 0 Å². The van der Waals surface area contributed by atoms with Gasteiger partial charge in [-0.15, -0.1) is 0 Å². The lowest BCUT2D eigenvalue weighted by molar-refractivity contribution is 0.642. The van der Waals surface area contributed by atoms with E-state index in [0.717, 1.165) is 36.8 Å². The summed E-state index contributed by atoms with van der Waals surface area (Å²) in [5.74, 6) is 0. The number of nitrogens with zero attached hydrogens (tertiary/aromatic N) is 2. The van der Waals surface area contributed by atoms with Gasteiger partial charge in [0.15, 0.2) is 0 Å². The molecule has 1 fully saturated rings. The number of rotatable bonds is 6. The van der Waals surface area contributed by atoms with Gasteiger partial charge in [-0.1, -0.05) is 6.07 Å². The van der Waals surface area contributed by atoms with Crippen LogP contribution in [0.2, 0.25) is 0 Å². The van der Waals surface area contributed by atoms with Gasteiger partial charge in [-0.05, 0) is 44.0 Å². The fourth-order valence-electron chi connectivity index (χ4n) is 1.85. The normalized spacial score (nSPS) is 14.4. The highest BCUT2D eigenvalue weighted by molar-refractivity contribution is 5.50. The van der Waals surface area contributed by atoms with Gasteiger partial charge in [0.25, 0.3) is 0 Å². The third kappa shape index (κ3) is 3.76. The molecule has 0 unspecified atom stereocenters. The SMILES string of the molecule is CN(CCCNC1CC1)c1cccc(C#N)c1. The molecular weight excluding hydrogens is 210 g/mol. The largest absolute Gasteiger partial charge is 0.375 e. The summed E-state index contributed by atoms with van der Waals surface area (Å²) >= 11 is 0. The van der Waals surface area contributed by atoms with Crippen molar-refractivity contribution in [1.29, 1.82) is 5.26 Å². The Morgan fingerprint density at radius 1 is 1.47 bits per heavy atom. The van der Waals surface area contributed by atoms with Gasteiger partial charge >= 0.3 is 0 Å². The summed E-state index contributed by atoms with van der Waals surface area (Å²) in [6.07, 6.45) is 3.84. The molecule has 1 aliphatic rings. The second-order valence-corrected chi connectivity index (χ2v) is 4.67. The minimum Gasteiger partial charge on any atom is -0.375 e. The molecular formula is C14H19N3. The summed E-state index contributed by atoms with van der Waals surface area (Å²) in [4.78, 5) is 2.20. The highest BCUT2D eigenvalue weighted by atomic mass is 15.1. The van der Waals surface area contributed by atoms with Crippen LogP contribution < -0.4 is 10.2 Å². The number of benzene rings is 1. The first-order chi connectivity index (χ1) is 8.29. The summed E-state index contributed by atoms with van der Waals surface area (Å²) in [7, 11) is 2.08. The Morgan fingerprint density at radius 3 is 3.00 bits per heavy atom. The van der Waals surface area contributed by atoms with Crippen LogP contribution in [0.5, 0.6) is 0 Å². The van der Waals surface area contributed by atoms with E-state index in [-0.39, 0.29) is 0 Å². The summed E-state index contributed by atoms with van der Waals surface area (Å²) < 4.78 is 0. The van der Waals surface area contributed by atoms with Crippen molar-refractivity contribution in [3.8, 4) is 6.07 Å². The molecule has 1 N–H and O–H groups in total. The van der Waals surface area contributed by atoms with Crippen LogP contribution in [0.4, 0.5) is 5.69 Å². The van der Waals surface area contributed by atoms with Gasteiger partial charge in [-0.2, -0.15) is 5.26 Å². The number of anilines is 1. The number of hydrogen-bond donors (Lipinski definition) is 1. The van der Waals surface area contributed by atoms with Gasteiger partial charge in [0.05, 0.1) is 11.6 Å². The second-order valence-electron chi connectivity index (χ2n) is 4.67. The van der Waals surface area contributed by atoms with E-state index in [2.05, 4.69) is 29.4 Å². The first kappa shape index (κ1) is 11.9. The van der Waals surface area contributed by atoms with Crippen molar-refractivity contribution < 1.29 is 0 Å². The van der Waals surface area contributed by atoms with E-state index in [1.54, 1.807) is 0 Å². The van der Waals surface area contributed by atoms with Crippen LogP contribution in [0.25, 0.3) is 0 Å². The minimum absolute atomic E-state index is 0.727. The number of nitriles is 1. The Kier molecular flexibility index (Phi) is 4.00. The molecule has 0 aliphatic heterocycles. The predicted molar refractivity (Wildman–Crippen MR) is 70.1 cm³/mol. The van der Waals surface area contributed by atoms with E-state index in [0.29, 0.717) is 0 Å². The maximum absolute atomic E-state index is 8.85. The highest BCUT2D eigenvalue weighted by Crippen LogP contribution is 2.18. The van der Waals surface area contributed by atoms with Crippen molar-refractivity contribution in [2.24, 2.45) is 0 Å². The molecule has 3 heteroatoms. The zero-order valence-electron chi connectivity index (χ0n) is 10.3. The molecule has 2 rings (SSSR count). The molecule has 1 aromatic carbocycles. The van der Waals surface area contributed by atoms with Crippen molar-refractivity contribution in [2.75, 3.05) is 25.0 Å². The molecule has 0 bridgehead atoms. The van der Waals surface area contributed by atoms with E-state index in [9.17, 15) is 0 Å². The van der Waals surface area contributed by atoms with Crippen LogP contribution >= 0.6 is 0 Å². The van der Waals surface area contributed by atoms with Crippen molar-refractivity contribution in [3.05, 3.63) is 29.8 Å². The fraction of sp³-hybridized carbons (Fsp3) is 0.500. The molecule has 1 aliphatic carbocycles. The molecule has 0 saturated heterocycles. The van der Waals surface area contributed by atoms with Crippen molar-refractivity contribution >= 4 is 5.69 Å². The monoisotopic (exact) mass is 229 g/mol. The van der Waals surface area contributed by atoms with Crippen molar-refractivity contribution in [2.45, 2.75) is 25.3 Å². The maximum Gasteiger partial charge on any atom is 0.0992 e. The van der Waals surface area contributed by atoms with Crippen LogP contribution in [-0.2, 0) is 0 Å². The molecule has 3 nitrogen and oxygen atoms in total. The zero-order valence-corrected chi connectivity index (χ0v) is 10.3. The lowest BCUT2D eigenvalue weighted by atomic mass is 10.2. The smallest absolute Gasteiger partial charge is 0.0992 e. The molecule has 0 aromatic heterocycles. The van der Waals surface area contributed by atoms with Crippen molar-refractivity contribution in [3.63, 3.8) is 0 Å². The highest BCUT2D eigenvalue weighted by Gasteiger charge is 2.19. The van der Waals surface area contributed by atoms with E-state index < -0.39 is 0 Å². The molecule has 0 heterocycles. The maximum atomic E-state index is 8.85. The van der Waals surface area contributed by atoms with Gasteiger partial charge < -0.3 is 10.2 Å². The third-order valence-corrected chi connectivity index (χ3v) is 3.10. The Hall–Kier alpha value is -1.53. The lowest BCUT2D eigenvalue weighted by Crippen LogP contribution is -2.24. The van der Waals surface area contributed by atoms with Gasteiger partial charge in [-0.25, -0.2) is 0 Å². The summed E-state index contributed by atoms with van der Waals surface area (Å²) in [6, 6.07) is 10.7. The predicted octanol–water partition coefficient (Wildman–Crippen LogP) is 2.14. The van der Waals surface area contributed by atoms with Crippen molar-refractivity contribution in [1.82, 2.24) is 5.32 Å². The van der Waals surface area contributed by atoms with Crippen LogP contribution in [0.15, 0.2) is 24.3 Å². The Morgan fingerprint density at radius 2 is 2.29 bits per heavy atom. The quantitative estimate of drug-likeness (QED) is 0.760. The van der Waals surface area contributed by atoms with E-state index in [1.165, 1.54) is 12.8 Å². The van der Waals surface area contributed by atoms with Crippen LogP contribution in [0, 0.1) is 11.3 Å². The third-order valence-electron chi connectivity index (χ3n) is 3.10. The first-order valence-electron chi connectivity index (χ1n) is 6.24. The number of hydrogen-bond acceptors (Lipinski definition) is 3. The first-order valence-corrected chi connectivity index (χ1v) is 6.24. The summed E-state index contributed by atoms with van der Waals surface area (Å²) in [6.45, 7) is 2.11. The van der Waals surface area contributed by atoms with E-state index in [1.807, 2.05) is 18.2 Å². The average molecular weight is 229 g/mol. The van der Waals surface area contributed by atoms with Gasteiger partial charge in [0, 0.05) is 25.3 Å². The molecule has 1 aromatic rings. The van der Waals surface area contributed by atoms with Crippen LogP contribution in [-0.4, -0.2) is 26.2 Å². The summed E-state index contributed by atoms with van der Waals surface area (Å²) in [5.41, 5.74) is 1.85. The molecule has 1 saturated carbocycles. The lowest BCUT2D eigenvalue weighted by Gasteiger charge is -2.19. The standard InChI is InChI=1S/C14H19N3/c1-17(9-3-8-16-13-6-7-13)14-5-2-4-12(10-14)11-15/h2,4-5,10,13,16H,3,6-9H2,1H3. The molecule has 17 heavy (non-hydrogen) atoms.